The van der Waals surface area contributed by atoms with Crippen molar-refractivity contribution in [3.63, 3.8) is 0 Å². The third kappa shape index (κ3) is 5.15. The van der Waals surface area contributed by atoms with Gasteiger partial charge in [0.1, 0.15) is 28.0 Å². The van der Waals surface area contributed by atoms with Crippen LogP contribution in [0.25, 0.3) is 121 Å². The van der Waals surface area contributed by atoms with Crippen molar-refractivity contribution < 1.29 is 8.83 Å². The third-order valence-corrected chi connectivity index (χ3v) is 11.7. The fraction of sp³-hybridized carbons (Fsp3) is 0. The van der Waals surface area contributed by atoms with Crippen molar-refractivity contribution in [3.05, 3.63) is 164 Å². The van der Waals surface area contributed by atoms with Crippen molar-refractivity contribution in [2.24, 2.45) is 0 Å². The summed E-state index contributed by atoms with van der Waals surface area (Å²) in [5.41, 5.74) is 8.73. The Morgan fingerprint density at radius 1 is 0.351 bits per heavy atom. The number of hydrogen-bond acceptors (Lipinski definition) is 8. The van der Waals surface area contributed by atoms with Gasteiger partial charge in [0.05, 0.1) is 5.56 Å². The van der Waals surface area contributed by atoms with Crippen LogP contribution >= 0.6 is 11.3 Å². The highest BCUT2D eigenvalue weighted by Crippen LogP contribution is 2.41. The Bertz CT molecular complexity index is 3540. The standard InChI is InChI=1S/C49H27N5O2S/c1-3-12-28(13-4-1)42-45-43(36-17-7-9-20-38(36)55-45)51-49(50-42)37-19-11-18-35-32-24-22-30(26-39(32)56-44(35)37)47-52-46(29-14-5-2-6-15-29)53-48(54-47)31-23-25-34-33-16-8-10-21-40(33)57-41(34)27-31/h1-27H. The van der Waals surface area contributed by atoms with E-state index in [1.54, 1.807) is 11.3 Å². The van der Waals surface area contributed by atoms with Crippen molar-refractivity contribution in [2.75, 3.05) is 0 Å². The zero-order chi connectivity index (χ0) is 37.5. The van der Waals surface area contributed by atoms with Crippen molar-refractivity contribution >= 4 is 75.5 Å². The van der Waals surface area contributed by atoms with Gasteiger partial charge in [-0.25, -0.2) is 24.9 Å². The number of benzene rings is 7. The number of furan rings is 2. The molecule has 266 valence electrons. The van der Waals surface area contributed by atoms with E-state index in [0.29, 0.717) is 40.0 Å². The van der Waals surface area contributed by atoms with Gasteiger partial charge in [-0.15, -0.1) is 11.3 Å². The molecule has 12 rings (SSSR count). The molecule has 5 heterocycles. The van der Waals surface area contributed by atoms with Crippen molar-refractivity contribution in [3.8, 4) is 56.8 Å². The maximum Gasteiger partial charge on any atom is 0.180 e. The summed E-state index contributed by atoms with van der Waals surface area (Å²) in [4.78, 5) is 25.4. The molecule has 0 aliphatic rings. The molecule has 0 saturated heterocycles. The maximum absolute atomic E-state index is 6.76. The number of hydrogen-bond donors (Lipinski definition) is 0. The number of aromatic nitrogens is 5. The average molecular weight is 750 g/mol. The minimum absolute atomic E-state index is 0.558. The molecule has 0 aliphatic carbocycles. The average Bonchev–Trinajstić information content (AvgIpc) is 3.97. The van der Waals surface area contributed by atoms with Gasteiger partial charge >= 0.3 is 0 Å². The van der Waals surface area contributed by atoms with Gasteiger partial charge in [0, 0.05) is 58.6 Å². The molecule has 0 amide bonds. The second-order valence-electron chi connectivity index (χ2n) is 14.0. The molecule has 0 unspecified atom stereocenters. The molecule has 0 radical (unpaired) electrons. The molecule has 7 nitrogen and oxygen atoms in total. The van der Waals surface area contributed by atoms with Gasteiger partial charge in [-0.1, -0.05) is 121 Å². The first-order valence-corrected chi connectivity index (χ1v) is 19.5. The van der Waals surface area contributed by atoms with Gasteiger partial charge in [-0.3, -0.25) is 0 Å². The van der Waals surface area contributed by atoms with Crippen LogP contribution in [0.5, 0.6) is 0 Å². The fourth-order valence-electron chi connectivity index (χ4n) is 7.83. The van der Waals surface area contributed by atoms with Crippen LogP contribution in [-0.2, 0) is 0 Å². The zero-order valence-electron chi connectivity index (χ0n) is 30.0. The van der Waals surface area contributed by atoms with E-state index in [4.69, 9.17) is 33.8 Å². The molecule has 5 aromatic heterocycles. The first-order valence-electron chi connectivity index (χ1n) is 18.7. The molecule has 0 aliphatic heterocycles. The second-order valence-corrected chi connectivity index (χ2v) is 15.1. The molecule has 0 spiro atoms. The molecule has 0 saturated carbocycles. The Morgan fingerprint density at radius 2 is 0.965 bits per heavy atom. The molecule has 0 atom stereocenters. The minimum Gasteiger partial charge on any atom is -0.455 e. The van der Waals surface area contributed by atoms with Crippen molar-refractivity contribution in [1.82, 2.24) is 24.9 Å². The van der Waals surface area contributed by atoms with E-state index in [9.17, 15) is 0 Å². The molecular formula is C49H27N5O2S. The Balaban J connectivity index is 1.02. The van der Waals surface area contributed by atoms with Gasteiger partial charge in [0.25, 0.3) is 0 Å². The van der Waals surface area contributed by atoms with E-state index in [2.05, 4.69) is 60.7 Å². The number of thiophene rings is 1. The summed E-state index contributed by atoms with van der Waals surface area (Å²) >= 11 is 1.78. The highest BCUT2D eigenvalue weighted by molar-refractivity contribution is 7.25. The van der Waals surface area contributed by atoms with Crippen molar-refractivity contribution in [1.29, 1.82) is 0 Å². The first kappa shape index (κ1) is 31.8. The monoisotopic (exact) mass is 749 g/mol. The summed E-state index contributed by atoms with van der Waals surface area (Å²) in [6, 6.07) is 55.4. The quantitative estimate of drug-likeness (QED) is 0.173. The Labute approximate surface area is 328 Å². The van der Waals surface area contributed by atoms with Gasteiger partial charge in [-0.05, 0) is 42.5 Å². The lowest BCUT2D eigenvalue weighted by atomic mass is 10.1. The minimum atomic E-state index is 0.558. The van der Waals surface area contributed by atoms with Crippen LogP contribution in [0.15, 0.2) is 173 Å². The van der Waals surface area contributed by atoms with E-state index in [1.807, 2.05) is 103 Å². The van der Waals surface area contributed by atoms with Gasteiger partial charge in [-0.2, -0.15) is 0 Å². The lowest BCUT2D eigenvalue weighted by Gasteiger charge is -2.08. The zero-order valence-corrected chi connectivity index (χ0v) is 30.9. The van der Waals surface area contributed by atoms with Crippen LogP contribution in [-0.4, -0.2) is 24.9 Å². The summed E-state index contributed by atoms with van der Waals surface area (Å²) < 4.78 is 15.6. The van der Waals surface area contributed by atoms with Gasteiger partial charge < -0.3 is 8.83 Å². The smallest absolute Gasteiger partial charge is 0.180 e. The Kier molecular flexibility index (Phi) is 6.96. The molecule has 57 heavy (non-hydrogen) atoms. The van der Waals surface area contributed by atoms with Gasteiger partial charge in [0.15, 0.2) is 28.9 Å². The summed E-state index contributed by atoms with van der Waals surface area (Å²) in [5, 5.41) is 5.36. The largest absolute Gasteiger partial charge is 0.455 e. The molecule has 0 fully saturated rings. The van der Waals surface area contributed by atoms with E-state index in [-0.39, 0.29) is 0 Å². The van der Waals surface area contributed by atoms with Crippen LogP contribution in [0.4, 0.5) is 0 Å². The van der Waals surface area contributed by atoms with Crippen LogP contribution in [0.1, 0.15) is 0 Å². The van der Waals surface area contributed by atoms with E-state index in [1.165, 1.54) is 20.2 Å². The third-order valence-electron chi connectivity index (χ3n) is 10.6. The summed E-state index contributed by atoms with van der Waals surface area (Å²) in [6.45, 7) is 0. The van der Waals surface area contributed by atoms with Crippen LogP contribution < -0.4 is 0 Å². The number of fused-ring (bicyclic) bond motifs is 9. The van der Waals surface area contributed by atoms with E-state index >= 15 is 0 Å². The Hall–Kier alpha value is -7.55. The maximum atomic E-state index is 6.76. The molecular weight excluding hydrogens is 723 g/mol. The lowest BCUT2D eigenvalue weighted by Crippen LogP contribution is -2.00. The van der Waals surface area contributed by atoms with Crippen molar-refractivity contribution in [2.45, 2.75) is 0 Å². The number of nitrogens with zero attached hydrogens (tertiary/aromatic N) is 5. The molecule has 0 N–H and O–H groups in total. The first-order chi connectivity index (χ1) is 28.2. The van der Waals surface area contributed by atoms with E-state index < -0.39 is 0 Å². The van der Waals surface area contributed by atoms with Crippen LogP contribution in [0.3, 0.4) is 0 Å². The summed E-state index contributed by atoms with van der Waals surface area (Å²) in [5.74, 6) is 2.33. The normalized spacial score (nSPS) is 11.9. The molecule has 7 aromatic carbocycles. The predicted octanol–water partition coefficient (Wildman–Crippen LogP) is 13.2. The highest BCUT2D eigenvalue weighted by atomic mass is 32.1. The van der Waals surface area contributed by atoms with Crippen LogP contribution in [0.2, 0.25) is 0 Å². The Morgan fingerprint density at radius 3 is 1.77 bits per heavy atom. The van der Waals surface area contributed by atoms with E-state index in [0.717, 1.165) is 60.8 Å². The topological polar surface area (TPSA) is 90.7 Å². The number of para-hydroxylation sites is 2. The molecule has 0 bridgehead atoms. The summed E-state index contributed by atoms with van der Waals surface area (Å²) in [7, 11) is 0. The van der Waals surface area contributed by atoms with Gasteiger partial charge in [0.2, 0.25) is 0 Å². The predicted molar refractivity (Wildman–Crippen MR) is 230 cm³/mol. The number of rotatable bonds is 5. The second kappa shape index (κ2) is 12.5. The molecule has 12 aromatic rings. The molecule has 8 heteroatoms. The highest BCUT2D eigenvalue weighted by Gasteiger charge is 2.22. The van der Waals surface area contributed by atoms with Crippen LogP contribution in [0, 0.1) is 0 Å². The SMILES string of the molecule is c1ccc(-c2nc(-c3ccc4c(c3)oc3c(-c5nc(-c6ccccc6)c6oc7ccccc7c6n5)cccc34)nc(-c3ccc4c(c3)sc3ccccc34)n2)cc1. The fourth-order valence-corrected chi connectivity index (χ4v) is 8.98. The lowest BCUT2D eigenvalue weighted by molar-refractivity contribution is 0.666. The summed E-state index contributed by atoms with van der Waals surface area (Å²) in [6.07, 6.45) is 0.